The molecule has 2 heterocycles. The third-order valence-electron chi connectivity index (χ3n) is 2.89. The number of carboxylic acids is 1. The maximum atomic E-state index is 11.2. The lowest BCUT2D eigenvalue weighted by Crippen LogP contribution is -2.46. The number of hydrogen-bond acceptors (Lipinski definition) is 5. The molecule has 1 aromatic rings. The summed E-state index contributed by atoms with van der Waals surface area (Å²) in [4.78, 5) is 17.2. The number of rotatable bonds is 2. The molecule has 98 valence electrons. The fourth-order valence-electron chi connectivity index (χ4n) is 2.26. The quantitative estimate of drug-likeness (QED) is 0.814. The lowest BCUT2D eigenvalue weighted by atomic mass is 10.1. The maximum Gasteiger partial charge on any atom is 0.338 e. The predicted molar refractivity (Wildman–Crippen MR) is 67.8 cm³/mol. The fourth-order valence-corrected chi connectivity index (χ4v) is 2.26. The number of ether oxygens (including phenoxy) is 1. The van der Waals surface area contributed by atoms with Gasteiger partial charge in [-0.3, -0.25) is 0 Å². The number of anilines is 2. The molecule has 1 aliphatic heterocycles. The molecule has 0 unspecified atom stereocenters. The molecule has 1 fully saturated rings. The van der Waals surface area contributed by atoms with Gasteiger partial charge >= 0.3 is 5.97 Å². The normalized spacial score (nSPS) is 24.0. The molecule has 0 radical (unpaired) electrons. The van der Waals surface area contributed by atoms with Crippen molar-refractivity contribution in [1.82, 2.24) is 4.98 Å². The summed E-state index contributed by atoms with van der Waals surface area (Å²) in [5.41, 5.74) is 6.31. The highest BCUT2D eigenvalue weighted by atomic mass is 16.5. The monoisotopic (exact) mass is 251 g/mol. The van der Waals surface area contributed by atoms with Gasteiger partial charge in [0.05, 0.1) is 29.7 Å². The number of nitrogens with zero attached hydrogens (tertiary/aromatic N) is 2. The maximum absolute atomic E-state index is 11.2. The second kappa shape index (κ2) is 4.81. The number of morpholine rings is 1. The van der Waals surface area contributed by atoms with E-state index < -0.39 is 5.97 Å². The van der Waals surface area contributed by atoms with Gasteiger partial charge in [0.2, 0.25) is 0 Å². The molecule has 6 nitrogen and oxygen atoms in total. The highest BCUT2D eigenvalue weighted by Gasteiger charge is 2.25. The van der Waals surface area contributed by atoms with Crippen molar-refractivity contribution in [3.63, 3.8) is 0 Å². The van der Waals surface area contributed by atoms with Gasteiger partial charge in [-0.15, -0.1) is 0 Å². The Labute approximate surface area is 105 Å². The van der Waals surface area contributed by atoms with E-state index in [1.165, 1.54) is 12.3 Å². The van der Waals surface area contributed by atoms with Gasteiger partial charge in [0, 0.05) is 13.1 Å². The van der Waals surface area contributed by atoms with Gasteiger partial charge in [-0.05, 0) is 19.9 Å². The number of aromatic carboxylic acids is 1. The van der Waals surface area contributed by atoms with Gasteiger partial charge in [-0.2, -0.15) is 0 Å². The van der Waals surface area contributed by atoms with Crippen LogP contribution >= 0.6 is 0 Å². The van der Waals surface area contributed by atoms with Crippen LogP contribution in [0.15, 0.2) is 12.3 Å². The molecule has 3 N–H and O–H groups in total. The average Bonchev–Trinajstić information content (AvgIpc) is 2.27. The van der Waals surface area contributed by atoms with Crippen LogP contribution in [0.4, 0.5) is 11.5 Å². The first kappa shape index (κ1) is 12.6. The van der Waals surface area contributed by atoms with Crippen molar-refractivity contribution in [2.45, 2.75) is 26.1 Å². The van der Waals surface area contributed by atoms with Crippen molar-refractivity contribution in [2.24, 2.45) is 0 Å². The topological polar surface area (TPSA) is 88.7 Å². The molecule has 6 heteroatoms. The van der Waals surface area contributed by atoms with Gasteiger partial charge < -0.3 is 20.5 Å². The first-order chi connectivity index (χ1) is 8.47. The van der Waals surface area contributed by atoms with Crippen LogP contribution in [0.3, 0.4) is 0 Å². The van der Waals surface area contributed by atoms with E-state index in [2.05, 4.69) is 4.98 Å². The SMILES string of the molecule is C[C@@H]1CN(c2cnc(N)cc2C(=O)O)C[C@H](C)O1. The predicted octanol–water partition coefficient (Wildman–Crippen LogP) is 0.976. The van der Waals surface area contributed by atoms with E-state index in [0.717, 1.165) is 0 Å². The smallest absolute Gasteiger partial charge is 0.338 e. The summed E-state index contributed by atoms with van der Waals surface area (Å²) in [5, 5.41) is 9.21. The number of hydrogen-bond donors (Lipinski definition) is 2. The third kappa shape index (κ3) is 2.53. The summed E-state index contributed by atoms with van der Waals surface area (Å²) >= 11 is 0. The molecular formula is C12H17N3O3. The lowest BCUT2D eigenvalue weighted by molar-refractivity contribution is -0.00533. The van der Waals surface area contributed by atoms with Crippen molar-refractivity contribution in [2.75, 3.05) is 23.7 Å². The Balaban J connectivity index is 2.35. The van der Waals surface area contributed by atoms with Gasteiger partial charge in [0.15, 0.2) is 0 Å². The number of pyridine rings is 1. The van der Waals surface area contributed by atoms with Crippen molar-refractivity contribution in [3.05, 3.63) is 17.8 Å². The Morgan fingerprint density at radius 3 is 2.67 bits per heavy atom. The average molecular weight is 251 g/mol. The van der Waals surface area contributed by atoms with Crippen LogP contribution in [-0.4, -0.2) is 41.4 Å². The van der Waals surface area contributed by atoms with Crippen LogP contribution in [0.25, 0.3) is 0 Å². The van der Waals surface area contributed by atoms with Crippen LogP contribution in [0, 0.1) is 0 Å². The largest absolute Gasteiger partial charge is 0.478 e. The molecule has 0 amide bonds. The van der Waals surface area contributed by atoms with Gasteiger partial charge in [-0.25, -0.2) is 9.78 Å². The number of nitrogen functional groups attached to an aromatic ring is 1. The minimum Gasteiger partial charge on any atom is -0.478 e. The summed E-state index contributed by atoms with van der Waals surface area (Å²) in [6.45, 7) is 5.23. The van der Waals surface area contributed by atoms with Gasteiger partial charge in [0.25, 0.3) is 0 Å². The third-order valence-corrected chi connectivity index (χ3v) is 2.89. The number of carboxylic acid groups (broad SMARTS) is 1. The van der Waals surface area contributed by atoms with E-state index in [-0.39, 0.29) is 23.6 Å². The van der Waals surface area contributed by atoms with E-state index in [9.17, 15) is 9.90 Å². The highest BCUT2D eigenvalue weighted by Crippen LogP contribution is 2.25. The molecule has 2 rings (SSSR count). The molecule has 0 spiro atoms. The van der Waals surface area contributed by atoms with Crippen LogP contribution in [0.1, 0.15) is 24.2 Å². The Morgan fingerprint density at radius 1 is 1.50 bits per heavy atom. The van der Waals surface area contributed by atoms with Crippen LogP contribution in [0.2, 0.25) is 0 Å². The second-order valence-corrected chi connectivity index (χ2v) is 4.59. The van der Waals surface area contributed by atoms with Crippen molar-refractivity contribution in [1.29, 1.82) is 0 Å². The molecule has 0 saturated carbocycles. The molecule has 1 saturated heterocycles. The molecule has 2 atom stereocenters. The van der Waals surface area contributed by atoms with Gasteiger partial charge in [0.1, 0.15) is 5.82 Å². The summed E-state index contributed by atoms with van der Waals surface area (Å²) in [6, 6.07) is 1.39. The first-order valence-electron chi connectivity index (χ1n) is 5.86. The molecule has 0 bridgehead atoms. The minimum atomic E-state index is -0.995. The van der Waals surface area contributed by atoms with E-state index in [4.69, 9.17) is 10.5 Å². The Morgan fingerprint density at radius 2 is 2.11 bits per heavy atom. The van der Waals surface area contributed by atoms with Crippen LogP contribution in [-0.2, 0) is 4.74 Å². The molecule has 1 aliphatic rings. The number of carbonyl (C=O) groups is 1. The van der Waals surface area contributed by atoms with Gasteiger partial charge in [-0.1, -0.05) is 0 Å². The number of nitrogens with two attached hydrogens (primary N) is 1. The summed E-state index contributed by atoms with van der Waals surface area (Å²) in [7, 11) is 0. The molecule has 0 aliphatic carbocycles. The summed E-state index contributed by atoms with van der Waals surface area (Å²) < 4.78 is 5.63. The van der Waals surface area contributed by atoms with Crippen LogP contribution < -0.4 is 10.6 Å². The Kier molecular flexibility index (Phi) is 3.38. The molecule has 18 heavy (non-hydrogen) atoms. The Hall–Kier alpha value is -1.82. The standard InChI is InChI=1S/C12H17N3O3/c1-7-5-15(6-8(2)18-7)10-4-14-11(13)3-9(10)12(16)17/h3-4,7-8H,5-6H2,1-2H3,(H2,13,14)(H,16,17)/t7-,8+. The minimum absolute atomic E-state index is 0.0629. The highest BCUT2D eigenvalue weighted by molar-refractivity contribution is 5.95. The summed E-state index contributed by atoms with van der Waals surface area (Å²) in [5.74, 6) is -0.781. The number of aromatic nitrogens is 1. The van der Waals surface area contributed by atoms with E-state index >= 15 is 0 Å². The van der Waals surface area contributed by atoms with E-state index in [0.29, 0.717) is 18.8 Å². The van der Waals surface area contributed by atoms with E-state index in [1.807, 2.05) is 18.7 Å². The second-order valence-electron chi connectivity index (χ2n) is 4.59. The molecule has 1 aromatic heterocycles. The zero-order chi connectivity index (χ0) is 13.3. The van der Waals surface area contributed by atoms with Crippen LogP contribution in [0.5, 0.6) is 0 Å². The fraction of sp³-hybridized carbons (Fsp3) is 0.500. The zero-order valence-corrected chi connectivity index (χ0v) is 10.5. The molecular weight excluding hydrogens is 234 g/mol. The van der Waals surface area contributed by atoms with Crippen molar-refractivity contribution in [3.8, 4) is 0 Å². The van der Waals surface area contributed by atoms with E-state index in [1.54, 1.807) is 0 Å². The van der Waals surface area contributed by atoms with Crippen molar-refractivity contribution < 1.29 is 14.6 Å². The zero-order valence-electron chi connectivity index (χ0n) is 10.5. The lowest BCUT2D eigenvalue weighted by Gasteiger charge is -2.37. The first-order valence-corrected chi connectivity index (χ1v) is 5.86. The Bertz CT molecular complexity index is 454. The summed E-state index contributed by atoms with van der Waals surface area (Å²) in [6.07, 6.45) is 1.64. The van der Waals surface area contributed by atoms with Crippen molar-refractivity contribution >= 4 is 17.5 Å². The molecule has 0 aromatic carbocycles.